The predicted octanol–water partition coefficient (Wildman–Crippen LogP) is -1.27. The molecule has 2 aromatic heterocycles. The second-order valence-corrected chi connectivity index (χ2v) is 10.7. The Kier molecular flexibility index (Phi) is 13.3. The zero-order chi connectivity index (χ0) is 32.8. The van der Waals surface area contributed by atoms with Gasteiger partial charge < -0.3 is 54.0 Å². The number of carbonyl (C=O) groups is 4. The number of imidazole rings is 1. The van der Waals surface area contributed by atoms with Crippen molar-refractivity contribution in [3.63, 3.8) is 0 Å². The van der Waals surface area contributed by atoms with E-state index >= 15 is 0 Å². The van der Waals surface area contributed by atoms with Gasteiger partial charge in [-0.1, -0.05) is 24.6 Å². The summed E-state index contributed by atoms with van der Waals surface area (Å²) in [4.78, 5) is 66.0. The summed E-state index contributed by atoms with van der Waals surface area (Å²) in [5.41, 5.74) is 24.4. The maximum Gasteiger partial charge on any atom is 0.326 e. The predicted molar refractivity (Wildman–Crippen MR) is 169 cm³/mol. The molecule has 0 saturated heterocycles. The number of benzene rings is 1. The Hall–Kier alpha value is -4.96. The second-order valence-electron chi connectivity index (χ2n) is 10.7. The van der Waals surface area contributed by atoms with Crippen molar-refractivity contribution in [2.24, 2.45) is 27.9 Å². The molecule has 0 aliphatic rings. The number of aliphatic carboxylic acids is 1. The van der Waals surface area contributed by atoms with Crippen LogP contribution < -0.4 is 38.9 Å². The quantitative estimate of drug-likeness (QED) is 0.0428. The van der Waals surface area contributed by atoms with E-state index in [1.807, 2.05) is 24.3 Å². The van der Waals surface area contributed by atoms with Gasteiger partial charge in [0.2, 0.25) is 17.7 Å². The number of carbonyl (C=O) groups excluding carboxylic acids is 3. The molecular weight excluding hydrogens is 582 g/mol. The molecule has 0 saturated carbocycles. The highest BCUT2D eigenvalue weighted by atomic mass is 16.4. The first-order valence-electron chi connectivity index (χ1n) is 14.8. The minimum atomic E-state index is -1.29. The van der Waals surface area contributed by atoms with Crippen molar-refractivity contribution in [2.45, 2.75) is 69.1 Å². The van der Waals surface area contributed by atoms with Gasteiger partial charge in [-0.25, -0.2) is 9.78 Å². The molecular formula is C29H43N11O5. The van der Waals surface area contributed by atoms with E-state index in [1.54, 1.807) is 6.20 Å². The van der Waals surface area contributed by atoms with Gasteiger partial charge in [0.15, 0.2) is 5.96 Å². The summed E-state index contributed by atoms with van der Waals surface area (Å²) in [6, 6.07) is 2.97. The lowest BCUT2D eigenvalue weighted by atomic mass is 10.0. The molecule has 3 amide bonds. The highest BCUT2D eigenvalue weighted by Gasteiger charge is 2.31. The van der Waals surface area contributed by atoms with Crippen molar-refractivity contribution in [1.82, 2.24) is 30.9 Å². The number of fused-ring (bicyclic) bond motifs is 1. The largest absolute Gasteiger partial charge is 0.480 e. The molecule has 244 valence electrons. The van der Waals surface area contributed by atoms with Crippen molar-refractivity contribution in [1.29, 1.82) is 0 Å². The number of hydrogen-bond acceptors (Lipinski definition) is 8. The van der Waals surface area contributed by atoms with Gasteiger partial charge in [-0.2, -0.15) is 0 Å². The standard InChI is InChI=1S/C29H43N11O5/c30-10-4-3-7-20(31)25(41)38-22(9-5-11-35-29(32)33)26(42)39-23(13-18-15-34-16-37-18)27(43)40-24(28(44)45)12-17-14-36-21-8-2-1-6-19(17)21/h1-2,6,8,14-16,20,22-24,36H,3-5,7,9-13,30-31H2,(H,34,37)(H,38,41)(H,39,42)(H,40,43)(H,44,45)(H4,32,33,35). The number of para-hydroxylation sites is 1. The summed E-state index contributed by atoms with van der Waals surface area (Å²) in [6.07, 6.45) is 6.78. The first-order valence-corrected chi connectivity index (χ1v) is 14.8. The van der Waals surface area contributed by atoms with Crippen LogP contribution in [0.4, 0.5) is 0 Å². The van der Waals surface area contributed by atoms with E-state index in [0.29, 0.717) is 43.5 Å². The third-order valence-electron chi connectivity index (χ3n) is 7.21. The molecule has 45 heavy (non-hydrogen) atoms. The third kappa shape index (κ3) is 10.9. The molecule has 3 aromatic rings. The first kappa shape index (κ1) is 34.5. The number of aromatic amines is 2. The first-order chi connectivity index (χ1) is 21.6. The van der Waals surface area contributed by atoms with Gasteiger partial charge in [0.25, 0.3) is 0 Å². The number of unbranched alkanes of at least 4 members (excludes halogenated alkanes) is 1. The van der Waals surface area contributed by atoms with Gasteiger partial charge in [0.05, 0.1) is 12.4 Å². The number of nitrogens with one attached hydrogen (secondary N) is 5. The molecule has 1 aromatic carbocycles. The lowest BCUT2D eigenvalue weighted by Gasteiger charge is -2.25. The minimum absolute atomic E-state index is 0.00132. The number of nitrogens with zero attached hydrogens (tertiary/aromatic N) is 2. The Labute approximate surface area is 260 Å². The van der Waals surface area contributed by atoms with Gasteiger partial charge in [0, 0.05) is 48.4 Å². The number of nitrogens with two attached hydrogens (primary N) is 4. The monoisotopic (exact) mass is 625 g/mol. The second kappa shape index (κ2) is 17.4. The number of aliphatic imine (C=N–C) groups is 1. The van der Waals surface area contributed by atoms with Crippen molar-refractivity contribution < 1.29 is 24.3 Å². The fourth-order valence-corrected chi connectivity index (χ4v) is 4.78. The normalized spacial score (nSPS) is 13.7. The molecule has 0 aliphatic carbocycles. The van der Waals surface area contributed by atoms with Crippen LogP contribution in [0, 0.1) is 0 Å². The van der Waals surface area contributed by atoms with Crippen LogP contribution in [0.3, 0.4) is 0 Å². The third-order valence-corrected chi connectivity index (χ3v) is 7.21. The van der Waals surface area contributed by atoms with E-state index in [4.69, 9.17) is 22.9 Å². The SMILES string of the molecule is NCCCCC(N)C(=O)NC(CCCN=C(N)N)C(=O)NC(Cc1cnc[nH]1)C(=O)NC(Cc1c[nH]c2ccccc12)C(=O)O. The van der Waals surface area contributed by atoms with Crippen LogP contribution in [0.1, 0.15) is 43.4 Å². The molecule has 0 fully saturated rings. The van der Waals surface area contributed by atoms with Crippen molar-refractivity contribution in [3.8, 4) is 0 Å². The summed E-state index contributed by atoms with van der Waals surface area (Å²) in [5, 5.41) is 18.7. The van der Waals surface area contributed by atoms with E-state index in [9.17, 15) is 24.3 Å². The molecule has 0 aliphatic heterocycles. The van der Waals surface area contributed by atoms with Crippen molar-refractivity contribution in [3.05, 3.63) is 54.2 Å². The molecule has 2 heterocycles. The van der Waals surface area contributed by atoms with Crippen LogP contribution in [0.5, 0.6) is 0 Å². The molecule has 4 unspecified atom stereocenters. The number of H-pyrrole nitrogens is 2. The summed E-state index contributed by atoms with van der Waals surface area (Å²) >= 11 is 0. The Balaban J connectivity index is 1.77. The smallest absolute Gasteiger partial charge is 0.326 e. The highest BCUT2D eigenvalue weighted by molar-refractivity contribution is 5.94. The van der Waals surface area contributed by atoms with E-state index in [-0.39, 0.29) is 31.8 Å². The Morgan fingerprint density at radius 2 is 1.60 bits per heavy atom. The number of guanidine groups is 1. The summed E-state index contributed by atoms with van der Waals surface area (Å²) < 4.78 is 0. The maximum absolute atomic E-state index is 13.6. The average molecular weight is 626 g/mol. The van der Waals surface area contributed by atoms with Gasteiger partial charge in [0.1, 0.15) is 18.1 Å². The Morgan fingerprint density at radius 3 is 2.29 bits per heavy atom. The number of amides is 3. The van der Waals surface area contributed by atoms with Gasteiger partial charge in [-0.3, -0.25) is 19.4 Å². The summed E-state index contributed by atoms with van der Waals surface area (Å²) in [7, 11) is 0. The number of rotatable bonds is 19. The lowest BCUT2D eigenvalue weighted by Crippen LogP contribution is -2.57. The van der Waals surface area contributed by atoms with Gasteiger partial charge in [-0.15, -0.1) is 0 Å². The average Bonchev–Trinajstić information content (AvgIpc) is 3.67. The summed E-state index contributed by atoms with van der Waals surface area (Å²) in [5.74, 6) is -3.28. The molecule has 14 N–H and O–H groups in total. The molecule has 0 radical (unpaired) electrons. The topological polar surface area (TPSA) is 286 Å². The number of carboxylic acid groups (broad SMARTS) is 1. The minimum Gasteiger partial charge on any atom is -0.480 e. The molecule has 4 atom stereocenters. The van der Waals surface area contributed by atoms with Crippen molar-refractivity contribution in [2.75, 3.05) is 13.1 Å². The van der Waals surface area contributed by atoms with Crippen LogP contribution in [0.25, 0.3) is 10.9 Å². The number of aromatic nitrogens is 3. The molecule has 0 spiro atoms. The van der Waals surface area contributed by atoms with Crippen molar-refractivity contribution >= 4 is 40.6 Å². The van der Waals surface area contributed by atoms with E-state index in [1.165, 1.54) is 12.5 Å². The molecule has 16 nitrogen and oxygen atoms in total. The Morgan fingerprint density at radius 1 is 0.889 bits per heavy atom. The molecule has 16 heteroatoms. The number of carboxylic acids is 1. The molecule has 0 bridgehead atoms. The fraction of sp³-hybridized carbons (Fsp3) is 0.448. The van der Waals surface area contributed by atoms with E-state index in [0.717, 1.165) is 10.9 Å². The van der Waals surface area contributed by atoms with Crippen LogP contribution in [0.2, 0.25) is 0 Å². The lowest BCUT2D eigenvalue weighted by molar-refractivity contribution is -0.142. The fourth-order valence-electron chi connectivity index (χ4n) is 4.78. The number of hydrogen-bond donors (Lipinski definition) is 10. The molecule has 3 rings (SSSR count). The van der Waals surface area contributed by atoms with E-state index in [2.05, 4.69) is 35.9 Å². The van der Waals surface area contributed by atoms with Gasteiger partial charge in [-0.05, 0) is 43.9 Å². The van der Waals surface area contributed by atoms with E-state index < -0.39 is 47.9 Å². The zero-order valence-corrected chi connectivity index (χ0v) is 25.0. The Bertz CT molecular complexity index is 1440. The van der Waals surface area contributed by atoms with Crippen LogP contribution in [-0.2, 0) is 32.0 Å². The van der Waals surface area contributed by atoms with Crippen LogP contribution in [0.15, 0.2) is 48.0 Å². The van der Waals surface area contributed by atoms with Crippen LogP contribution >= 0.6 is 0 Å². The van der Waals surface area contributed by atoms with Gasteiger partial charge >= 0.3 is 5.97 Å². The summed E-state index contributed by atoms with van der Waals surface area (Å²) in [6.45, 7) is 0.672. The van der Waals surface area contributed by atoms with Crippen LogP contribution in [-0.4, -0.2) is 87.0 Å². The highest BCUT2D eigenvalue weighted by Crippen LogP contribution is 2.19. The maximum atomic E-state index is 13.6. The zero-order valence-electron chi connectivity index (χ0n) is 25.0.